The van der Waals surface area contributed by atoms with Crippen LogP contribution in [0.5, 0.6) is 0 Å². The number of imidazole rings is 1. The summed E-state index contributed by atoms with van der Waals surface area (Å²) in [6, 6.07) is 12.6. The predicted octanol–water partition coefficient (Wildman–Crippen LogP) is 5.05. The van der Waals surface area contributed by atoms with Crippen molar-refractivity contribution in [3.05, 3.63) is 66.0 Å². The first-order valence-electron chi connectivity index (χ1n) is 15.0. The lowest BCUT2D eigenvalue weighted by atomic mass is 10.1. The fourth-order valence-electron chi connectivity index (χ4n) is 5.67. The van der Waals surface area contributed by atoms with E-state index in [0.717, 1.165) is 72.4 Å². The van der Waals surface area contributed by atoms with Gasteiger partial charge < -0.3 is 19.5 Å². The highest BCUT2D eigenvalue weighted by Gasteiger charge is 2.26. The monoisotopic (exact) mass is 568 g/mol. The molecule has 10 heteroatoms. The highest BCUT2D eigenvalue weighted by Crippen LogP contribution is 2.26. The summed E-state index contributed by atoms with van der Waals surface area (Å²) < 4.78 is 5.53. The summed E-state index contributed by atoms with van der Waals surface area (Å²) in [6.07, 6.45) is 7.66. The van der Waals surface area contributed by atoms with Crippen LogP contribution in [0, 0.1) is 0 Å². The van der Waals surface area contributed by atoms with Gasteiger partial charge >= 0.3 is 6.09 Å². The standard InChI is InChI=1S/C32H40N8O2/c1-32(2,3)42-31(41)40-15-13-38(14-16-40)21-23-9-10-33-25(17-23)19-29-36-26-8-7-24(18-28(26)37-29)27-20-30(35-22-34-27)39-11-5-4-6-12-39/h7-10,17-18,20,22H,4-6,11-16,19,21H2,1-3H3,(H,36,37). The highest BCUT2D eigenvalue weighted by atomic mass is 16.6. The summed E-state index contributed by atoms with van der Waals surface area (Å²) in [5.41, 5.74) is 5.59. The van der Waals surface area contributed by atoms with Gasteiger partial charge in [0.2, 0.25) is 0 Å². The summed E-state index contributed by atoms with van der Waals surface area (Å²) in [6.45, 7) is 11.6. The van der Waals surface area contributed by atoms with E-state index in [2.05, 4.69) is 60.1 Å². The Kier molecular flexibility index (Phi) is 8.06. The van der Waals surface area contributed by atoms with E-state index in [1.165, 1.54) is 24.8 Å². The van der Waals surface area contributed by atoms with Gasteiger partial charge in [0.25, 0.3) is 0 Å². The number of piperazine rings is 1. The van der Waals surface area contributed by atoms with Crippen LogP contribution in [0.1, 0.15) is 57.1 Å². The Hall–Kier alpha value is -4.05. The third-order valence-electron chi connectivity index (χ3n) is 7.82. The second-order valence-electron chi connectivity index (χ2n) is 12.3. The number of H-pyrrole nitrogens is 1. The number of aromatic amines is 1. The van der Waals surface area contributed by atoms with E-state index in [1.807, 2.05) is 33.0 Å². The molecule has 0 spiro atoms. The van der Waals surface area contributed by atoms with Crippen molar-refractivity contribution in [2.24, 2.45) is 0 Å². The minimum atomic E-state index is -0.475. The Morgan fingerprint density at radius 2 is 1.74 bits per heavy atom. The first-order chi connectivity index (χ1) is 20.3. The lowest BCUT2D eigenvalue weighted by Crippen LogP contribution is -2.49. The van der Waals surface area contributed by atoms with Crippen molar-refractivity contribution in [3.63, 3.8) is 0 Å². The topological polar surface area (TPSA) is 103 Å². The minimum absolute atomic E-state index is 0.231. The van der Waals surface area contributed by atoms with E-state index in [0.29, 0.717) is 19.5 Å². The van der Waals surface area contributed by atoms with Crippen LogP contribution in [0.3, 0.4) is 0 Å². The van der Waals surface area contributed by atoms with Gasteiger partial charge in [0.15, 0.2) is 0 Å². The summed E-state index contributed by atoms with van der Waals surface area (Å²) in [7, 11) is 0. The summed E-state index contributed by atoms with van der Waals surface area (Å²) in [4.78, 5) is 40.9. The highest BCUT2D eigenvalue weighted by molar-refractivity contribution is 5.81. The van der Waals surface area contributed by atoms with Crippen molar-refractivity contribution in [1.82, 2.24) is 34.7 Å². The molecule has 1 amide bonds. The molecule has 1 N–H and O–H groups in total. The average Bonchev–Trinajstić information content (AvgIpc) is 3.39. The Morgan fingerprint density at radius 1 is 0.929 bits per heavy atom. The van der Waals surface area contributed by atoms with Crippen molar-refractivity contribution >= 4 is 22.9 Å². The number of pyridine rings is 1. The molecule has 10 nitrogen and oxygen atoms in total. The van der Waals surface area contributed by atoms with Gasteiger partial charge in [-0.3, -0.25) is 9.88 Å². The van der Waals surface area contributed by atoms with Gasteiger partial charge in [0, 0.05) is 75.8 Å². The number of carbonyl (C=O) groups excluding carboxylic acids is 1. The second-order valence-corrected chi connectivity index (χ2v) is 12.3. The first-order valence-corrected chi connectivity index (χ1v) is 15.0. The molecule has 0 atom stereocenters. The Balaban J connectivity index is 1.09. The summed E-state index contributed by atoms with van der Waals surface area (Å²) in [5, 5.41) is 0. The first kappa shape index (κ1) is 28.1. The maximum atomic E-state index is 12.4. The summed E-state index contributed by atoms with van der Waals surface area (Å²) in [5.74, 6) is 1.88. The maximum Gasteiger partial charge on any atom is 0.410 e. The molecular weight excluding hydrogens is 528 g/mol. The molecule has 0 radical (unpaired) electrons. The predicted molar refractivity (Wildman–Crippen MR) is 163 cm³/mol. The van der Waals surface area contributed by atoms with E-state index in [9.17, 15) is 4.79 Å². The van der Waals surface area contributed by atoms with E-state index in [4.69, 9.17) is 9.72 Å². The number of carbonyl (C=O) groups is 1. The lowest BCUT2D eigenvalue weighted by molar-refractivity contribution is 0.0139. The third-order valence-corrected chi connectivity index (χ3v) is 7.82. The van der Waals surface area contributed by atoms with E-state index in [-0.39, 0.29) is 6.09 Å². The van der Waals surface area contributed by atoms with Gasteiger partial charge in [0.05, 0.1) is 16.7 Å². The number of hydrogen-bond acceptors (Lipinski definition) is 8. The van der Waals surface area contributed by atoms with Crippen molar-refractivity contribution in [1.29, 1.82) is 0 Å². The largest absolute Gasteiger partial charge is 0.444 e. The van der Waals surface area contributed by atoms with Gasteiger partial charge in [-0.2, -0.15) is 0 Å². The fraction of sp³-hybridized carbons (Fsp3) is 0.469. The van der Waals surface area contributed by atoms with Gasteiger partial charge in [-0.05, 0) is 69.9 Å². The molecule has 2 fully saturated rings. The van der Waals surface area contributed by atoms with E-state index in [1.54, 1.807) is 11.2 Å². The number of hydrogen-bond donors (Lipinski definition) is 1. The molecule has 5 heterocycles. The lowest BCUT2D eigenvalue weighted by Gasteiger charge is -2.35. The molecule has 1 aromatic carbocycles. The van der Waals surface area contributed by atoms with Crippen LogP contribution in [0.2, 0.25) is 0 Å². The minimum Gasteiger partial charge on any atom is -0.444 e. The molecule has 0 bridgehead atoms. The van der Waals surface area contributed by atoms with Crippen molar-refractivity contribution < 1.29 is 9.53 Å². The molecule has 2 saturated heterocycles. The van der Waals surface area contributed by atoms with E-state index >= 15 is 0 Å². The normalized spacial score (nSPS) is 16.6. The van der Waals surface area contributed by atoms with Crippen LogP contribution in [0.25, 0.3) is 22.3 Å². The van der Waals surface area contributed by atoms with Gasteiger partial charge in [-0.15, -0.1) is 0 Å². The molecule has 0 saturated carbocycles. The number of rotatable bonds is 6. The number of aromatic nitrogens is 5. The summed E-state index contributed by atoms with van der Waals surface area (Å²) >= 11 is 0. The molecule has 220 valence electrons. The maximum absolute atomic E-state index is 12.4. The molecule has 42 heavy (non-hydrogen) atoms. The molecule has 4 aromatic rings. The molecule has 3 aromatic heterocycles. The van der Waals surface area contributed by atoms with Gasteiger partial charge in [-0.1, -0.05) is 6.07 Å². The van der Waals surface area contributed by atoms with Crippen LogP contribution in [-0.2, 0) is 17.7 Å². The number of benzene rings is 1. The number of nitrogens with one attached hydrogen (secondary N) is 1. The van der Waals surface area contributed by atoms with Crippen LogP contribution in [0.4, 0.5) is 10.6 Å². The van der Waals surface area contributed by atoms with Crippen molar-refractivity contribution in [3.8, 4) is 11.3 Å². The quantitative estimate of drug-likeness (QED) is 0.345. The second kappa shape index (κ2) is 12.1. The zero-order valence-electron chi connectivity index (χ0n) is 24.8. The van der Waals surface area contributed by atoms with Crippen molar-refractivity contribution in [2.45, 2.75) is 58.6 Å². The number of ether oxygens (including phenoxy) is 1. The Morgan fingerprint density at radius 3 is 2.52 bits per heavy atom. The van der Waals surface area contributed by atoms with Crippen LogP contribution >= 0.6 is 0 Å². The van der Waals surface area contributed by atoms with Gasteiger partial charge in [-0.25, -0.2) is 19.7 Å². The third kappa shape index (κ3) is 6.87. The van der Waals surface area contributed by atoms with Crippen LogP contribution in [-0.4, -0.2) is 85.7 Å². The fourth-order valence-corrected chi connectivity index (χ4v) is 5.67. The average molecular weight is 569 g/mol. The number of fused-ring (bicyclic) bond motifs is 1. The van der Waals surface area contributed by atoms with Crippen LogP contribution < -0.4 is 4.90 Å². The Bertz CT molecular complexity index is 1530. The Labute approximate surface area is 247 Å². The molecule has 0 aliphatic carbocycles. The van der Waals surface area contributed by atoms with Gasteiger partial charge in [0.1, 0.15) is 23.6 Å². The van der Waals surface area contributed by atoms with Crippen molar-refractivity contribution in [2.75, 3.05) is 44.2 Å². The molecule has 6 rings (SSSR count). The van der Waals surface area contributed by atoms with Crippen LogP contribution in [0.15, 0.2) is 48.9 Å². The number of nitrogens with zero attached hydrogens (tertiary/aromatic N) is 7. The molecule has 0 unspecified atom stereocenters. The zero-order chi connectivity index (χ0) is 29.1. The van der Waals surface area contributed by atoms with E-state index < -0.39 is 5.60 Å². The number of piperidine rings is 1. The molecular formula is C32H40N8O2. The SMILES string of the molecule is CC(C)(C)OC(=O)N1CCN(Cc2ccnc(Cc3nc4ccc(-c5cc(N6CCCCC6)ncn5)cc4[nH]3)c2)CC1. The number of anilines is 1. The molecule has 2 aliphatic heterocycles. The smallest absolute Gasteiger partial charge is 0.410 e. The molecule has 2 aliphatic rings. The zero-order valence-corrected chi connectivity index (χ0v) is 24.8. The number of amides is 1.